The third kappa shape index (κ3) is 4.68. The summed E-state index contributed by atoms with van der Waals surface area (Å²) in [6.45, 7) is 3.96. The molecule has 7 heteroatoms. The van der Waals surface area contributed by atoms with Crippen molar-refractivity contribution in [1.82, 2.24) is 14.8 Å². The van der Waals surface area contributed by atoms with E-state index in [1.165, 1.54) is 11.8 Å². The van der Waals surface area contributed by atoms with Crippen LogP contribution < -0.4 is 10.1 Å². The van der Waals surface area contributed by atoms with Crippen LogP contribution in [0, 0.1) is 13.8 Å². The van der Waals surface area contributed by atoms with Gasteiger partial charge in [-0.1, -0.05) is 66.4 Å². The van der Waals surface area contributed by atoms with Crippen molar-refractivity contribution >= 4 is 23.4 Å². The average Bonchev–Trinajstić information content (AvgIpc) is 3.18. The number of benzene rings is 3. The SMILES string of the molecule is COc1cccc(NC(=O)C(Sc2nnc(C)n2-c2ccccc2C)c2ccccc2)c1. The monoisotopic (exact) mass is 444 g/mol. The molecule has 1 atom stereocenters. The maximum absolute atomic E-state index is 13.4. The van der Waals surface area contributed by atoms with Crippen LogP contribution in [-0.2, 0) is 4.79 Å². The van der Waals surface area contributed by atoms with Gasteiger partial charge in [0.05, 0.1) is 12.8 Å². The lowest BCUT2D eigenvalue weighted by molar-refractivity contribution is -0.115. The van der Waals surface area contributed by atoms with E-state index >= 15 is 0 Å². The number of anilines is 1. The molecule has 0 saturated carbocycles. The molecule has 1 heterocycles. The topological polar surface area (TPSA) is 69.0 Å². The van der Waals surface area contributed by atoms with Gasteiger partial charge in [-0.3, -0.25) is 9.36 Å². The van der Waals surface area contributed by atoms with Crippen molar-refractivity contribution in [1.29, 1.82) is 0 Å². The molecule has 3 aromatic carbocycles. The Morgan fingerprint density at radius 2 is 1.72 bits per heavy atom. The zero-order valence-electron chi connectivity index (χ0n) is 18.1. The molecule has 0 fully saturated rings. The van der Waals surface area contributed by atoms with Gasteiger partial charge in [-0.05, 0) is 43.2 Å². The number of hydrogen-bond donors (Lipinski definition) is 1. The minimum atomic E-state index is -0.520. The molecule has 162 valence electrons. The van der Waals surface area contributed by atoms with Crippen molar-refractivity contribution < 1.29 is 9.53 Å². The lowest BCUT2D eigenvalue weighted by atomic mass is 10.1. The first-order valence-electron chi connectivity index (χ1n) is 10.2. The molecule has 1 N–H and O–H groups in total. The number of amides is 1. The molecule has 4 aromatic rings. The first-order chi connectivity index (χ1) is 15.6. The van der Waals surface area contributed by atoms with E-state index in [0.717, 1.165) is 22.6 Å². The molecular weight excluding hydrogens is 420 g/mol. The number of rotatable bonds is 7. The lowest BCUT2D eigenvalue weighted by Crippen LogP contribution is -2.19. The standard InChI is InChI=1S/C25H24N4O2S/c1-17-10-7-8-15-22(17)29-18(2)27-28-25(29)32-23(19-11-5-4-6-12-19)24(30)26-20-13-9-14-21(16-20)31-3/h4-16,23H,1-3H3,(H,26,30). The second kappa shape index (κ2) is 9.70. The van der Waals surface area contributed by atoms with Crippen LogP contribution in [0.5, 0.6) is 5.75 Å². The number of nitrogens with one attached hydrogen (secondary N) is 1. The number of para-hydroxylation sites is 1. The third-order valence-electron chi connectivity index (χ3n) is 5.05. The molecule has 0 spiro atoms. The number of ether oxygens (including phenoxy) is 1. The Bertz CT molecular complexity index is 1220. The van der Waals surface area contributed by atoms with Gasteiger partial charge in [0, 0.05) is 11.8 Å². The van der Waals surface area contributed by atoms with Gasteiger partial charge in [0.25, 0.3) is 0 Å². The summed E-state index contributed by atoms with van der Waals surface area (Å²) in [6, 6.07) is 25.1. The summed E-state index contributed by atoms with van der Waals surface area (Å²) in [5.74, 6) is 1.30. The molecule has 1 aromatic heterocycles. The summed E-state index contributed by atoms with van der Waals surface area (Å²) in [6.07, 6.45) is 0. The normalized spacial score (nSPS) is 11.7. The number of thioether (sulfide) groups is 1. The molecular formula is C25H24N4O2S. The smallest absolute Gasteiger partial charge is 0.242 e. The predicted molar refractivity (Wildman–Crippen MR) is 127 cm³/mol. The molecule has 0 saturated heterocycles. The minimum absolute atomic E-state index is 0.147. The molecule has 0 aliphatic rings. The van der Waals surface area contributed by atoms with E-state index in [-0.39, 0.29) is 5.91 Å². The quantitative estimate of drug-likeness (QED) is 0.388. The van der Waals surface area contributed by atoms with Crippen molar-refractivity contribution in [2.75, 3.05) is 12.4 Å². The number of carbonyl (C=O) groups is 1. The predicted octanol–water partition coefficient (Wildman–Crippen LogP) is 5.36. The molecule has 0 bridgehead atoms. The van der Waals surface area contributed by atoms with Gasteiger partial charge >= 0.3 is 0 Å². The van der Waals surface area contributed by atoms with Gasteiger partial charge < -0.3 is 10.1 Å². The van der Waals surface area contributed by atoms with Gasteiger partial charge in [-0.25, -0.2) is 0 Å². The fourth-order valence-corrected chi connectivity index (χ4v) is 4.52. The van der Waals surface area contributed by atoms with E-state index in [2.05, 4.69) is 15.5 Å². The second-order valence-corrected chi connectivity index (χ2v) is 8.35. The van der Waals surface area contributed by atoms with Gasteiger partial charge in [0.2, 0.25) is 5.91 Å². The van der Waals surface area contributed by atoms with Crippen LogP contribution in [-0.4, -0.2) is 27.8 Å². The van der Waals surface area contributed by atoms with E-state index in [9.17, 15) is 4.79 Å². The van der Waals surface area contributed by atoms with Crippen LogP contribution in [0.3, 0.4) is 0 Å². The fourth-order valence-electron chi connectivity index (χ4n) is 3.43. The van der Waals surface area contributed by atoms with E-state index in [0.29, 0.717) is 16.6 Å². The first kappa shape index (κ1) is 21.6. The summed E-state index contributed by atoms with van der Waals surface area (Å²) >= 11 is 1.38. The largest absolute Gasteiger partial charge is 0.497 e. The highest BCUT2D eigenvalue weighted by Gasteiger charge is 2.26. The average molecular weight is 445 g/mol. The van der Waals surface area contributed by atoms with Crippen molar-refractivity contribution in [3.05, 3.63) is 95.8 Å². The zero-order chi connectivity index (χ0) is 22.5. The van der Waals surface area contributed by atoms with E-state index in [1.807, 2.05) is 91.2 Å². The Labute approximate surface area is 191 Å². The number of aromatic nitrogens is 3. The lowest BCUT2D eigenvalue weighted by Gasteiger charge is -2.18. The number of methoxy groups -OCH3 is 1. The molecule has 0 aliphatic carbocycles. The summed E-state index contributed by atoms with van der Waals surface area (Å²) in [5, 5.41) is 11.8. The molecule has 0 radical (unpaired) electrons. The maximum atomic E-state index is 13.4. The number of hydrogen-bond acceptors (Lipinski definition) is 5. The Kier molecular flexibility index (Phi) is 6.56. The Balaban J connectivity index is 1.69. The molecule has 1 unspecified atom stereocenters. The number of nitrogens with zero attached hydrogens (tertiary/aromatic N) is 3. The second-order valence-electron chi connectivity index (χ2n) is 7.28. The van der Waals surface area contributed by atoms with Crippen molar-refractivity contribution in [3.63, 3.8) is 0 Å². The van der Waals surface area contributed by atoms with Gasteiger partial charge in [0.15, 0.2) is 5.16 Å². The minimum Gasteiger partial charge on any atom is -0.497 e. The van der Waals surface area contributed by atoms with E-state index < -0.39 is 5.25 Å². The van der Waals surface area contributed by atoms with Crippen LogP contribution in [0.1, 0.15) is 22.2 Å². The van der Waals surface area contributed by atoms with Crippen LogP contribution in [0.2, 0.25) is 0 Å². The molecule has 0 aliphatic heterocycles. The maximum Gasteiger partial charge on any atom is 0.242 e. The van der Waals surface area contributed by atoms with Crippen molar-refractivity contribution in [2.24, 2.45) is 0 Å². The Morgan fingerprint density at radius 3 is 2.47 bits per heavy atom. The first-order valence-corrected chi connectivity index (χ1v) is 11.1. The number of aryl methyl sites for hydroxylation is 2. The van der Waals surface area contributed by atoms with Crippen molar-refractivity contribution in [3.8, 4) is 11.4 Å². The van der Waals surface area contributed by atoms with E-state index in [4.69, 9.17) is 4.74 Å². The highest BCUT2D eigenvalue weighted by Crippen LogP contribution is 2.37. The molecule has 6 nitrogen and oxygen atoms in total. The van der Waals surface area contributed by atoms with Crippen LogP contribution >= 0.6 is 11.8 Å². The van der Waals surface area contributed by atoms with E-state index in [1.54, 1.807) is 13.2 Å². The fraction of sp³-hybridized carbons (Fsp3) is 0.160. The van der Waals surface area contributed by atoms with Gasteiger partial charge in [-0.15, -0.1) is 10.2 Å². The summed E-state index contributed by atoms with van der Waals surface area (Å²) in [5.41, 5.74) is 3.66. The van der Waals surface area contributed by atoms with Gasteiger partial charge in [0.1, 0.15) is 16.8 Å². The number of carbonyl (C=O) groups excluding carboxylic acids is 1. The Morgan fingerprint density at radius 1 is 0.969 bits per heavy atom. The van der Waals surface area contributed by atoms with Gasteiger partial charge in [-0.2, -0.15) is 0 Å². The third-order valence-corrected chi connectivity index (χ3v) is 6.25. The highest BCUT2D eigenvalue weighted by atomic mass is 32.2. The van der Waals surface area contributed by atoms with Crippen molar-refractivity contribution in [2.45, 2.75) is 24.3 Å². The van der Waals surface area contributed by atoms with Crippen LogP contribution in [0.4, 0.5) is 5.69 Å². The van der Waals surface area contributed by atoms with Crippen LogP contribution in [0.15, 0.2) is 84.0 Å². The summed E-state index contributed by atoms with van der Waals surface area (Å²) in [4.78, 5) is 13.4. The molecule has 4 rings (SSSR count). The zero-order valence-corrected chi connectivity index (χ0v) is 19.0. The molecule has 1 amide bonds. The Hall–Kier alpha value is -3.58. The summed E-state index contributed by atoms with van der Waals surface area (Å²) in [7, 11) is 1.60. The summed E-state index contributed by atoms with van der Waals surface area (Å²) < 4.78 is 7.27. The highest BCUT2D eigenvalue weighted by molar-refractivity contribution is 8.00. The van der Waals surface area contributed by atoms with Crippen LogP contribution in [0.25, 0.3) is 5.69 Å². The molecule has 32 heavy (non-hydrogen) atoms.